The molecule has 0 saturated carbocycles. The van der Waals surface area contributed by atoms with Crippen molar-refractivity contribution in [1.82, 2.24) is 0 Å². The first kappa shape index (κ1) is 14.0. The summed E-state index contributed by atoms with van der Waals surface area (Å²) in [4.78, 5) is 0. The lowest BCUT2D eigenvalue weighted by molar-refractivity contribution is 0.393. The van der Waals surface area contributed by atoms with Crippen molar-refractivity contribution in [3.63, 3.8) is 0 Å². The first-order valence-electron chi connectivity index (χ1n) is 6.35. The van der Waals surface area contributed by atoms with Gasteiger partial charge >= 0.3 is 0 Å². The van der Waals surface area contributed by atoms with E-state index in [2.05, 4.69) is 13.2 Å². The lowest BCUT2D eigenvalue weighted by atomic mass is 9.93. The fourth-order valence-corrected chi connectivity index (χ4v) is 2.02. The first-order chi connectivity index (χ1) is 8.00. The van der Waals surface area contributed by atoms with Gasteiger partial charge in [0.2, 0.25) is 0 Å². The molecular formula is C16H23F. The van der Waals surface area contributed by atoms with Crippen LogP contribution < -0.4 is 0 Å². The number of halogens is 1. The monoisotopic (exact) mass is 234 g/mol. The molecule has 17 heavy (non-hydrogen) atoms. The van der Waals surface area contributed by atoms with E-state index in [9.17, 15) is 4.39 Å². The van der Waals surface area contributed by atoms with Gasteiger partial charge in [-0.1, -0.05) is 42.0 Å². The highest BCUT2D eigenvalue weighted by molar-refractivity contribution is 5.30. The van der Waals surface area contributed by atoms with Gasteiger partial charge in [0, 0.05) is 6.42 Å². The van der Waals surface area contributed by atoms with E-state index in [0.29, 0.717) is 6.42 Å². The second kappa shape index (κ2) is 6.58. The molecule has 0 nitrogen and oxygen atoms in total. The fraction of sp³-hybridized carbons (Fsp3) is 0.500. The molecule has 0 aromatic carbocycles. The topological polar surface area (TPSA) is 0 Å². The van der Waals surface area contributed by atoms with Crippen LogP contribution in [0.4, 0.5) is 4.39 Å². The number of hydrogen-bond acceptors (Lipinski definition) is 0. The number of unbranched alkanes of at least 4 members (excludes halogenated alkanes) is 1. The van der Waals surface area contributed by atoms with E-state index in [4.69, 9.17) is 0 Å². The molecular weight excluding hydrogens is 211 g/mol. The Kier molecular flexibility index (Phi) is 5.40. The molecule has 0 spiro atoms. The molecule has 1 rings (SSSR count). The molecule has 0 fully saturated rings. The quantitative estimate of drug-likeness (QED) is 0.432. The van der Waals surface area contributed by atoms with Crippen molar-refractivity contribution in [2.75, 3.05) is 0 Å². The van der Waals surface area contributed by atoms with E-state index in [-0.39, 0.29) is 0 Å². The Morgan fingerprint density at radius 1 is 1.41 bits per heavy atom. The molecule has 0 bridgehead atoms. The number of hydrogen-bond donors (Lipinski definition) is 0. The van der Waals surface area contributed by atoms with Crippen LogP contribution >= 0.6 is 0 Å². The number of allylic oxidation sites excluding steroid dienone is 6. The van der Waals surface area contributed by atoms with E-state index < -0.39 is 6.17 Å². The molecule has 0 N–H and O–H groups in total. The molecule has 1 atom stereocenters. The van der Waals surface area contributed by atoms with Gasteiger partial charge in [0.05, 0.1) is 0 Å². The highest BCUT2D eigenvalue weighted by atomic mass is 19.1. The van der Waals surface area contributed by atoms with Gasteiger partial charge in [-0.15, -0.1) is 0 Å². The molecule has 0 aromatic rings. The van der Waals surface area contributed by atoms with E-state index in [1.807, 2.05) is 19.9 Å². The highest BCUT2D eigenvalue weighted by Crippen LogP contribution is 2.25. The zero-order chi connectivity index (χ0) is 12.8. The van der Waals surface area contributed by atoms with Crippen LogP contribution in [0, 0.1) is 0 Å². The first-order valence-corrected chi connectivity index (χ1v) is 6.35. The fourth-order valence-electron chi connectivity index (χ4n) is 2.02. The summed E-state index contributed by atoms with van der Waals surface area (Å²) >= 11 is 0. The Hall–Kier alpha value is -1.11. The van der Waals surface area contributed by atoms with Gasteiger partial charge in [0.15, 0.2) is 0 Å². The molecule has 0 aromatic heterocycles. The largest absolute Gasteiger partial charge is 0.243 e. The van der Waals surface area contributed by atoms with Crippen molar-refractivity contribution in [3.8, 4) is 0 Å². The second-order valence-electron chi connectivity index (χ2n) is 4.98. The van der Waals surface area contributed by atoms with Crippen LogP contribution in [0.3, 0.4) is 0 Å². The molecule has 0 heterocycles. The van der Waals surface area contributed by atoms with Crippen LogP contribution in [0.15, 0.2) is 47.6 Å². The zero-order valence-corrected chi connectivity index (χ0v) is 11.1. The van der Waals surface area contributed by atoms with Crippen molar-refractivity contribution in [3.05, 3.63) is 47.6 Å². The average molecular weight is 234 g/mol. The number of rotatable bonds is 6. The van der Waals surface area contributed by atoms with Gasteiger partial charge in [-0.3, -0.25) is 0 Å². The summed E-state index contributed by atoms with van der Waals surface area (Å²) in [7, 11) is 0. The van der Waals surface area contributed by atoms with Gasteiger partial charge in [0.1, 0.15) is 6.17 Å². The summed E-state index contributed by atoms with van der Waals surface area (Å²) < 4.78 is 13.0. The van der Waals surface area contributed by atoms with Crippen LogP contribution in [0.25, 0.3) is 0 Å². The third-order valence-electron chi connectivity index (χ3n) is 3.33. The minimum absolute atomic E-state index is 0.574. The molecule has 1 aliphatic rings. The molecule has 1 heteroatoms. The minimum atomic E-state index is -0.776. The summed E-state index contributed by atoms with van der Waals surface area (Å²) in [6, 6.07) is 0. The molecule has 0 amide bonds. The predicted octanol–water partition coefficient (Wildman–Crippen LogP) is 5.29. The summed E-state index contributed by atoms with van der Waals surface area (Å²) in [5, 5.41) is 0. The average Bonchev–Trinajstić information content (AvgIpc) is 2.26. The molecule has 0 saturated heterocycles. The van der Waals surface area contributed by atoms with E-state index in [1.165, 1.54) is 11.1 Å². The van der Waals surface area contributed by atoms with Crippen molar-refractivity contribution in [2.45, 2.75) is 52.1 Å². The smallest absolute Gasteiger partial charge is 0.122 e. The lowest BCUT2D eigenvalue weighted by Gasteiger charge is -2.15. The summed E-state index contributed by atoms with van der Waals surface area (Å²) in [5.74, 6) is 0. The molecule has 1 unspecified atom stereocenters. The molecule has 1 aliphatic carbocycles. The minimum Gasteiger partial charge on any atom is -0.243 e. The van der Waals surface area contributed by atoms with Crippen molar-refractivity contribution >= 4 is 0 Å². The second-order valence-corrected chi connectivity index (χ2v) is 4.98. The van der Waals surface area contributed by atoms with E-state index in [0.717, 1.165) is 36.8 Å². The van der Waals surface area contributed by atoms with Gasteiger partial charge in [0.25, 0.3) is 0 Å². The Morgan fingerprint density at radius 2 is 2.12 bits per heavy atom. The van der Waals surface area contributed by atoms with Crippen LogP contribution in [0.2, 0.25) is 0 Å². The third kappa shape index (κ3) is 4.72. The third-order valence-corrected chi connectivity index (χ3v) is 3.33. The maximum absolute atomic E-state index is 13.0. The summed E-state index contributed by atoms with van der Waals surface area (Å²) in [6.07, 6.45) is 7.78. The van der Waals surface area contributed by atoms with Gasteiger partial charge in [-0.05, 0) is 45.1 Å². The summed E-state index contributed by atoms with van der Waals surface area (Å²) in [6.45, 7) is 11.9. The lowest BCUT2D eigenvalue weighted by Crippen LogP contribution is -2.03. The van der Waals surface area contributed by atoms with Gasteiger partial charge in [-0.2, -0.15) is 0 Å². The van der Waals surface area contributed by atoms with Crippen molar-refractivity contribution in [1.29, 1.82) is 0 Å². The summed E-state index contributed by atoms with van der Waals surface area (Å²) in [5.41, 5.74) is 4.76. The maximum Gasteiger partial charge on any atom is 0.122 e. The van der Waals surface area contributed by atoms with Gasteiger partial charge in [-0.25, -0.2) is 4.39 Å². The standard InChI is InChI=1S/C16H23F/c1-12(2)13(3)7-5-6-8-15-9-10-16(17)11-14(15)4/h9-10,16H,1,3,5-8,11H2,2,4H3. The van der Waals surface area contributed by atoms with Crippen molar-refractivity contribution < 1.29 is 4.39 Å². The Balaban J connectivity index is 2.28. The zero-order valence-electron chi connectivity index (χ0n) is 11.1. The molecule has 0 radical (unpaired) electrons. The van der Waals surface area contributed by atoms with Crippen molar-refractivity contribution in [2.24, 2.45) is 0 Å². The predicted molar refractivity (Wildman–Crippen MR) is 73.8 cm³/mol. The van der Waals surface area contributed by atoms with Gasteiger partial charge < -0.3 is 0 Å². The van der Waals surface area contributed by atoms with Crippen LogP contribution in [-0.2, 0) is 0 Å². The van der Waals surface area contributed by atoms with E-state index in [1.54, 1.807) is 6.08 Å². The molecule has 0 aliphatic heterocycles. The van der Waals surface area contributed by atoms with Crippen LogP contribution in [0.1, 0.15) is 46.0 Å². The molecule has 94 valence electrons. The maximum atomic E-state index is 13.0. The van der Waals surface area contributed by atoms with E-state index >= 15 is 0 Å². The van der Waals surface area contributed by atoms with Crippen LogP contribution in [-0.4, -0.2) is 6.17 Å². The normalized spacial score (nSPS) is 19.6. The Labute approximate surface area is 105 Å². The SMILES string of the molecule is C=C(C)C(=C)CCCCC1=C(C)CC(F)C=C1. The van der Waals surface area contributed by atoms with Crippen LogP contribution in [0.5, 0.6) is 0 Å². The Bertz CT molecular complexity index is 358. The Morgan fingerprint density at radius 3 is 2.71 bits per heavy atom. The highest BCUT2D eigenvalue weighted by Gasteiger charge is 2.11. The number of alkyl halides is 1.